The highest BCUT2D eigenvalue weighted by Crippen LogP contribution is 2.27. The minimum atomic E-state index is -4.47. The molecule has 0 fully saturated rings. The van der Waals surface area contributed by atoms with Crippen LogP contribution in [0.1, 0.15) is 32.9 Å². The van der Waals surface area contributed by atoms with Crippen LogP contribution in [-0.4, -0.2) is 22.6 Å². The maximum absolute atomic E-state index is 12.4. The maximum atomic E-state index is 12.4. The Kier molecular flexibility index (Phi) is 4.73. The van der Waals surface area contributed by atoms with Crippen molar-refractivity contribution in [3.05, 3.63) is 18.0 Å². The van der Waals surface area contributed by atoms with Gasteiger partial charge in [-0.15, -0.1) is 0 Å². The second-order valence-electron chi connectivity index (χ2n) is 5.67. The maximum Gasteiger partial charge on any atom is 0.433 e. The summed E-state index contributed by atoms with van der Waals surface area (Å²) in [5.74, 6) is -0.0563. The molecule has 1 aromatic heterocycles. The summed E-state index contributed by atoms with van der Waals surface area (Å²) >= 11 is 0. The van der Waals surface area contributed by atoms with Crippen molar-refractivity contribution in [2.45, 2.75) is 39.4 Å². The van der Waals surface area contributed by atoms with Crippen LogP contribution < -0.4 is 11.1 Å². The van der Waals surface area contributed by atoms with Crippen LogP contribution >= 0.6 is 0 Å². The minimum absolute atomic E-state index is 0.0563. The van der Waals surface area contributed by atoms with Gasteiger partial charge in [0.05, 0.1) is 0 Å². The lowest BCUT2D eigenvalue weighted by Crippen LogP contribution is -2.33. The number of aromatic nitrogens is 2. The summed E-state index contributed by atoms with van der Waals surface area (Å²) < 4.78 is 37.3. The number of halogens is 3. The van der Waals surface area contributed by atoms with Gasteiger partial charge in [0.2, 0.25) is 5.95 Å². The third-order valence-corrected chi connectivity index (χ3v) is 2.34. The number of nitrogens with two attached hydrogens (primary N) is 1. The summed E-state index contributed by atoms with van der Waals surface area (Å²) in [7, 11) is 0. The SMILES string of the molecule is CC(C)(C)CC(N)CNc1nccc(C(F)(F)F)n1. The first-order valence-corrected chi connectivity index (χ1v) is 5.97. The Morgan fingerprint density at radius 3 is 2.47 bits per heavy atom. The Bertz CT molecular complexity index is 412. The van der Waals surface area contributed by atoms with E-state index in [1.807, 2.05) is 20.8 Å². The van der Waals surface area contributed by atoms with Crippen molar-refractivity contribution in [2.75, 3.05) is 11.9 Å². The van der Waals surface area contributed by atoms with Crippen LogP contribution in [0.5, 0.6) is 0 Å². The molecule has 0 spiro atoms. The van der Waals surface area contributed by atoms with E-state index in [4.69, 9.17) is 5.73 Å². The van der Waals surface area contributed by atoms with Gasteiger partial charge in [0, 0.05) is 18.8 Å². The molecular weight excluding hydrogens is 257 g/mol. The number of anilines is 1. The number of hydrogen-bond acceptors (Lipinski definition) is 4. The molecule has 0 amide bonds. The Hall–Kier alpha value is -1.37. The van der Waals surface area contributed by atoms with Gasteiger partial charge in [0.1, 0.15) is 5.69 Å². The van der Waals surface area contributed by atoms with Crippen LogP contribution in [-0.2, 0) is 6.18 Å². The van der Waals surface area contributed by atoms with Crippen LogP contribution in [0, 0.1) is 5.41 Å². The molecule has 0 aliphatic carbocycles. The van der Waals surface area contributed by atoms with Crippen molar-refractivity contribution >= 4 is 5.95 Å². The lowest BCUT2D eigenvalue weighted by atomic mass is 9.88. The van der Waals surface area contributed by atoms with Gasteiger partial charge in [0.25, 0.3) is 0 Å². The monoisotopic (exact) mass is 276 g/mol. The topological polar surface area (TPSA) is 63.8 Å². The van der Waals surface area contributed by atoms with Gasteiger partial charge < -0.3 is 11.1 Å². The molecule has 3 N–H and O–H groups in total. The predicted octanol–water partition coefficient (Wildman–Crippen LogP) is 2.67. The molecule has 0 aliphatic rings. The molecule has 4 nitrogen and oxygen atoms in total. The first-order chi connectivity index (χ1) is 8.58. The van der Waals surface area contributed by atoms with Crippen molar-refractivity contribution in [2.24, 2.45) is 11.1 Å². The van der Waals surface area contributed by atoms with Crippen molar-refractivity contribution in [1.29, 1.82) is 0 Å². The fourth-order valence-electron chi connectivity index (χ4n) is 1.68. The van der Waals surface area contributed by atoms with E-state index < -0.39 is 11.9 Å². The van der Waals surface area contributed by atoms with Gasteiger partial charge in [-0.25, -0.2) is 9.97 Å². The zero-order valence-electron chi connectivity index (χ0n) is 11.3. The molecule has 108 valence electrons. The Morgan fingerprint density at radius 2 is 1.95 bits per heavy atom. The Morgan fingerprint density at radius 1 is 1.32 bits per heavy atom. The molecule has 19 heavy (non-hydrogen) atoms. The normalized spacial score (nSPS) is 14.3. The smallest absolute Gasteiger partial charge is 0.353 e. The minimum Gasteiger partial charge on any atom is -0.353 e. The van der Waals surface area contributed by atoms with Crippen LogP contribution in [0.3, 0.4) is 0 Å². The summed E-state index contributed by atoms with van der Waals surface area (Å²) in [4.78, 5) is 7.15. The summed E-state index contributed by atoms with van der Waals surface area (Å²) in [5, 5.41) is 2.73. The molecule has 1 atom stereocenters. The number of nitrogens with one attached hydrogen (secondary N) is 1. The molecule has 7 heteroatoms. The zero-order valence-corrected chi connectivity index (χ0v) is 11.3. The number of nitrogens with zero attached hydrogens (tertiary/aromatic N) is 2. The van der Waals surface area contributed by atoms with Crippen LogP contribution in [0.2, 0.25) is 0 Å². The molecule has 1 heterocycles. The second-order valence-corrected chi connectivity index (χ2v) is 5.67. The summed E-state index contributed by atoms with van der Waals surface area (Å²) in [6.07, 6.45) is -2.64. The number of rotatable bonds is 4. The molecule has 0 saturated heterocycles. The molecule has 0 saturated carbocycles. The van der Waals surface area contributed by atoms with E-state index in [9.17, 15) is 13.2 Å². The molecule has 1 aromatic rings. The Labute approximate surface area is 110 Å². The van der Waals surface area contributed by atoms with Gasteiger partial charge >= 0.3 is 6.18 Å². The molecular formula is C12H19F3N4. The molecule has 0 radical (unpaired) electrons. The van der Waals surface area contributed by atoms with E-state index in [1.54, 1.807) is 0 Å². The lowest BCUT2D eigenvalue weighted by Gasteiger charge is -2.23. The largest absolute Gasteiger partial charge is 0.433 e. The van der Waals surface area contributed by atoms with E-state index in [0.29, 0.717) is 6.54 Å². The van der Waals surface area contributed by atoms with E-state index in [1.165, 1.54) is 0 Å². The average Bonchev–Trinajstić information content (AvgIpc) is 2.23. The number of hydrogen-bond donors (Lipinski definition) is 2. The van der Waals surface area contributed by atoms with Crippen LogP contribution in [0.4, 0.5) is 19.1 Å². The number of alkyl halides is 3. The summed E-state index contributed by atoms with van der Waals surface area (Å²) in [6, 6.07) is 0.665. The molecule has 1 unspecified atom stereocenters. The Balaban J connectivity index is 2.59. The van der Waals surface area contributed by atoms with Crippen LogP contribution in [0.15, 0.2) is 12.3 Å². The first-order valence-electron chi connectivity index (χ1n) is 5.97. The van der Waals surface area contributed by atoms with E-state index in [2.05, 4.69) is 15.3 Å². The van der Waals surface area contributed by atoms with Crippen LogP contribution in [0.25, 0.3) is 0 Å². The molecule has 1 rings (SSSR count). The van der Waals surface area contributed by atoms with E-state index >= 15 is 0 Å². The quantitative estimate of drug-likeness (QED) is 0.887. The zero-order chi connectivity index (χ0) is 14.7. The third-order valence-electron chi connectivity index (χ3n) is 2.34. The molecule has 0 aromatic carbocycles. The van der Waals surface area contributed by atoms with Gasteiger partial charge in [-0.05, 0) is 17.9 Å². The lowest BCUT2D eigenvalue weighted by molar-refractivity contribution is -0.141. The predicted molar refractivity (Wildman–Crippen MR) is 67.6 cm³/mol. The van der Waals surface area contributed by atoms with Crippen molar-refractivity contribution in [1.82, 2.24) is 9.97 Å². The highest BCUT2D eigenvalue weighted by molar-refractivity contribution is 5.26. The standard InChI is InChI=1S/C12H19F3N4/c1-11(2,3)6-8(16)7-18-10-17-5-4-9(19-10)12(13,14)15/h4-5,8H,6-7,16H2,1-3H3,(H,17,18,19). The molecule has 0 bridgehead atoms. The average molecular weight is 276 g/mol. The van der Waals surface area contributed by atoms with Crippen molar-refractivity contribution < 1.29 is 13.2 Å². The fraction of sp³-hybridized carbons (Fsp3) is 0.667. The van der Waals surface area contributed by atoms with Gasteiger partial charge in [-0.3, -0.25) is 0 Å². The second kappa shape index (κ2) is 5.73. The van der Waals surface area contributed by atoms with E-state index in [-0.39, 0.29) is 17.4 Å². The van der Waals surface area contributed by atoms with E-state index in [0.717, 1.165) is 18.7 Å². The first kappa shape index (κ1) is 15.7. The highest BCUT2D eigenvalue weighted by Gasteiger charge is 2.32. The third kappa shape index (κ3) is 5.87. The van der Waals surface area contributed by atoms with Crippen molar-refractivity contribution in [3.63, 3.8) is 0 Å². The van der Waals surface area contributed by atoms with Gasteiger partial charge in [-0.1, -0.05) is 20.8 Å². The summed E-state index contributed by atoms with van der Waals surface area (Å²) in [6.45, 7) is 6.48. The summed E-state index contributed by atoms with van der Waals surface area (Å²) in [5.41, 5.74) is 4.99. The van der Waals surface area contributed by atoms with Crippen molar-refractivity contribution in [3.8, 4) is 0 Å². The highest BCUT2D eigenvalue weighted by atomic mass is 19.4. The molecule has 0 aliphatic heterocycles. The fourth-order valence-corrected chi connectivity index (χ4v) is 1.68. The van der Waals surface area contributed by atoms with Gasteiger partial charge in [-0.2, -0.15) is 13.2 Å². The van der Waals surface area contributed by atoms with Gasteiger partial charge in [0.15, 0.2) is 0 Å².